The summed E-state index contributed by atoms with van der Waals surface area (Å²) in [6.07, 6.45) is 1.84. The zero-order valence-corrected chi connectivity index (χ0v) is 21.2. The molecule has 0 bridgehead atoms. The van der Waals surface area contributed by atoms with Gasteiger partial charge in [-0.3, -0.25) is 9.59 Å². The van der Waals surface area contributed by atoms with E-state index < -0.39 is 0 Å². The van der Waals surface area contributed by atoms with Gasteiger partial charge in [-0.1, -0.05) is 0 Å². The minimum atomic E-state index is -0.0190. The fraction of sp³-hybridized carbons (Fsp3) is 0.640. The Balaban J connectivity index is 1.38. The Bertz CT molecular complexity index is 1040. The highest BCUT2D eigenvalue weighted by atomic mass is 16.5. The van der Waals surface area contributed by atoms with E-state index in [4.69, 9.17) is 4.74 Å². The molecular weight excluding hydrogens is 432 g/mol. The van der Waals surface area contributed by atoms with Crippen molar-refractivity contribution in [3.8, 4) is 5.95 Å². The number of morpholine rings is 1. The normalized spacial score (nSPS) is 21.7. The molecular formula is C25H36N6O3. The molecule has 0 aliphatic carbocycles. The number of amides is 2. The maximum Gasteiger partial charge on any atom is 0.251 e. The highest BCUT2D eigenvalue weighted by molar-refractivity contribution is 5.81. The maximum atomic E-state index is 13.1. The first-order chi connectivity index (χ1) is 16.1. The predicted molar refractivity (Wildman–Crippen MR) is 128 cm³/mol. The van der Waals surface area contributed by atoms with Crippen LogP contribution in [0.15, 0.2) is 6.07 Å². The third-order valence-corrected chi connectivity index (χ3v) is 6.86. The van der Waals surface area contributed by atoms with Gasteiger partial charge >= 0.3 is 0 Å². The Morgan fingerprint density at radius 1 is 0.971 bits per heavy atom. The lowest BCUT2D eigenvalue weighted by Crippen LogP contribution is -2.51. The number of hydrogen-bond acceptors (Lipinski definition) is 6. The van der Waals surface area contributed by atoms with Gasteiger partial charge in [0.15, 0.2) is 0 Å². The predicted octanol–water partition coefficient (Wildman–Crippen LogP) is 2.31. The number of carbonyl (C=O) groups excluding carboxylic acids is 2. The molecule has 9 nitrogen and oxygen atoms in total. The van der Waals surface area contributed by atoms with Crippen LogP contribution in [0.1, 0.15) is 55.0 Å². The molecule has 184 valence electrons. The fourth-order valence-corrected chi connectivity index (χ4v) is 5.18. The minimum absolute atomic E-state index is 0.0190. The molecule has 2 aromatic heterocycles. The van der Waals surface area contributed by atoms with Crippen molar-refractivity contribution in [3.63, 3.8) is 0 Å². The summed E-state index contributed by atoms with van der Waals surface area (Å²) in [7, 11) is 0. The summed E-state index contributed by atoms with van der Waals surface area (Å²) in [6.45, 7) is 14.3. The van der Waals surface area contributed by atoms with Crippen molar-refractivity contribution >= 4 is 11.8 Å². The molecule has 0 aromatic carbocycles. The van der Waals surface area contributed by atoms with Crippen LogP contribution in [0.3, 0.4) is 0 Å². The van der Waals surface area contributed by atoms with Crippen molar-refractivity contribution in [2.45, 2.75) is 73.0 Å². The van der Waals surface area contributed by atoms with Crippen molar-refractivity contribution in [1.29, 1.82) is 0 Å². The second-order valence-electron chi connectivity index (χ2n) is 9.84. The Labute approximate surface area is 201 Å². The number of carbonyl (C=O) groups is 2. The summed E-state index contributed by atoms with van der Waals surface area (Å²) in [5.41, 5.74) is 4.38. The van der Waals surface area contributed by atoms with Gasteiger partial charge in [0.1, 0.15) is 0 Å². The van der Waals surface area contributed by atoms with Crippen LogP contribution in [0.2, 0.25) is 0 Å². The summed E-state index contributed by atoms with van der Waals surface area (Å²) in [5.74, 6) is 0.791. The summed E-state index contributed by atoms with van der Waals surface area (Å²) < 4.78 is 7.49. The van der Waals surface area contributed by atoms with Gasteiger partial charge < -0.3 is 14.5 Å². The Morgan fingerprint density at radius 2 is 1.56 bits per heavy atom. The van der Waals surface area contributed by atoms with E-state index in [-0.39, 0.29) is 29.9 Å². The second-order valence-corrected chi connectivity index (χ2v) is 9.84. The molecule has 9 heteroatoms. The summed E-state index contributed by atoms with van der Waals surface area (Å²) in [6, 6.07) is 1.92. The van der Waals surface area contributed by atoms with E-state index in [0.717, 1.165) is 28.3 Å². The molecule has 2 saturated heterocycles. The van der Waals surface area contributed by atoms with Crippen LogP contribution in [-0.4, -0.2) is 79.7 Å². The molecule has 2 unspecified atom stereocenters. The molecule has 0 N–H and O–H groups in total. The smallest absolute Gasteiger partial charge is 0.251 e. The molecule has 2 aliphatic heterocycles. The van der Waals surface area contributed by atoms with Crippen LogP contribution >= 0.6 is 0 Å². The lowest BCUT2D eigenvalue weighted by atomic mass is 9.94. The quantitative estimate of drug-likeness (QED) is 0.684. The van der Waals surface area contributed by atoms with Crippen LogP contribution in [-0.2, 0) is 20.7 Å². The number of hydrogen-bond donors (Lipinski definition) is 0. The monoisotopic (exact) mass is 468 g/mol. The van der Waals surface area contributed by atoms with Gasteiger partial charge in [-0.05, 0) is 60.5 Å². The van der Waals surface area contributed by atoms with Gasteiger partial charge in [0.25, 0.3) is 5.95 Å². The van der Waals surface area contributed by atoms with Crippen LogP contribution in [0.25, 0.3) is 5.95 Å². The van der Waals surface area contributed by atoms with Crippen LogP contribution in [0.4, 0.5) is 0 Å². The summed E-state index contributed by atoms with van der Waals surface area (Å²) in [5, 5.41) is 4.62. The number of nitrogens with zero attached hydrogens (tertiary/aromatic N) is 6. The van der Waals surface area contributed by atoms with Crippen molar-refractivity contribution in [1.82, 2.24) is 29.5 Å². The first kappa shape index (κ1) is 24.3. The Kier molecular flexibility index (Phi) is 7.02. The lowest BCUT2D eigenvalue weighted by molar-refractivity contribution is -0.150. The largest absolute Gasteiger partial charge is 0.372 e. The molecule has 4 rings (SSSR count). The van der Waals surface area contributed by atoms with Gasteiger partial charge in [-0.25, -0.2) is 14.6 Å². The first-order valence-corrected chi connectivity index (χ1v) is 12.2. The summed E-state index contributed by atoms with van der Waals surface area (Å²) >= 11 is 0. The SMILES string of the molecule is Cc1cc(C)nc(-n2nc(C)c(CC(=O)N3CCC(C(=O)N4CC(C)OC(C)C4)CC3)c2C)n1. The molecule has 2 aromatic rings. The molecule has 0 radical (unpaired) electrons. The molecule has 4 heterocycles. The Morgan fingerprint density at radius 3 is 2.15 bits per heavy atom. The third-order valence-electron chi connectivity index (χ3n) is 6.86. The molecule has 2 aliphatic rings. The minimum Gasteiger partial charge on any atom is -0.372 e. The lowest BCUT2D eigenvalue weighted by Gasteiger charge is -2.39. The average molecular weight is 469 g/mol. The van der Waals surface area contributed by atoms with E-state index in [2.05, 4.69) is 15.1 Å². The fourth-order valence-electron chi connectivity index (χ4n) is 5.18. The van der Waals surface area contributed by atoms with Crippen LogP contribution in [0, 0.1) is 33.6 Å². The molecule has 2 fully saturated rings. The molecule has 0 spiro atoms. The number of piperidine rings is 1. The number of ether oxygens (including phenoxy) is 1. The maximum absolute atomic E-state index is 13.1. The summed E-state index contributed by atoms with van der Waals surface area (Å²) in [4.78, 5) is 39.0. The van der Waals surface area contributed by atoms with Gasteiger partial charge in [-0.2, -0.15) is 5.10 Å². The van der Waals surface area contributed by atoms with E-state index in [9.17, 15) is 9.59 Å². The van der Waals surface area contributed by atoms with Crippen molar-refractivity contribution in [2.24, 2.45) is 5.92 Å². The number of rotatable bonds is 4. The van der Waals surface area contributed by atoms with E-state index in [0.29, 0.717) is 51.4 Å². The average Bonchev–Trinajstić information content (AvgIpc) is 3.05. The number of aryl methyl sites for hydroxylation is 3. The number of aromatic nitrogens is 4. The van der Waals surface area contributed by atoms with Gasteiger partial charge in [-0.15, -0.1) is 0 Å². The molecule has 34 heavy (non-hydrogen) atoms. The van der Waals surface area contributed by atoms with E-state index in [1.54, 1.807) is 4.68 Å². The topological polar surface area (TPSA) is 93.5 Å². The molecule has 0 saturated carbocycles. The standard InChI is InChI=1S/C25H36N6O3/c1-15-11-16(2)27-25(26-15)31-20(6)22(19(5)28-31)12-23(32)29-9-7-21(8-10-29)24(33)30-13-17(3)34-18(4)14-30/h11,17-18,21H,7-10,12-14H2,1-6H3. The molecule has 2 amide bonds. The van der Waals surface area contributed by atoms with E-state index >= 15 is 0 Å². The van der Waals surface area contributed by atoms with Gasteiger partial charge in [0, 0.05) is 54.7 Å². The van der Waals surface area contributed by atoms with Gasteiger partial charge in [0.05, 0.1) is 24.3 Å². The van der Waals surface area contributed by atoms with Gasteiger partial charge in [0.2, 0.25) is 11.8 Å². The zero-order chi connectivity index (χ0) is 24.6. The Hall–Kier alpha value is -2.81. The second kappa shape index (κ2) is 9.82. The third kappa shape index (κ3) is 5.14. The van der Waals surface area contributed by atoms with Crippen LogP contribution < -0.4 is 0 Å². The van der Waals surface area contributed by atoms with E-state index in [1.807, 2.05) is 57.4 Å². The zero-order valence-electron chi connectivity index (χ0n) is 21.2. The van der Waals surface area contributed by atoms with Crippen LogP contribution in [0.5, 0.6) is 0 Å². The van der Waals surface area contributed by atoms with Crippen molar-refractivity contribution < 1.29 is 14.3 Å². The molecule has 2 atom stereocenters. The van der Waals surface area contributed by atoms with E-state index in [1.165, 1.54) is 0 Å². The first-order valence-electron chi connectivity index (χ1n) is 12.2. The highest BCUT2D eigenvalue weighted by Gasteiger charge is 2.34. The number of likely N-dealkylation sites (tertiary alicyclic amines) is 1. The van der Waals surface area contributed by atoms with Crippen molar-refractivity contribution in [2.75, 3.05) is 26.2 Å². The van der Waals surface area contributed by atoms with Crippen molar-refractivity contribution in [3.05, 3.63) is 34.4 Å². The highest BCUT2D eigenvalue weighted by Crippen LogP contribution is 2.24.